The number of alkyl halides is 3. The molecule has 25 heavy (non-hydrogen) atoms. The average molecular weight is 351 g/mol. The van der Waals surface area contributed by atoms with E-state index < -0.39 is 6.36 Å². The number of pyridine rings is 1. The maximum atomic E-state index is 12.6. The van der Waals surface area contributed by atoms with Crippen molar-refractivity contribution in [3.05, 3.63) is 47.7 Å². The summed E-state index contributed by atoms with van der Waals surface area (Å²) in [6, 6.07) is 6.96. The van der Waals surface area contributed by atoms with Crippen molar-refractivity contribution in [3.8, 4) is 5.75 Å². The van der Waals surface area contributed by atoms with Gasteiger partial charge in [0.05, 0.1) is 5.56 Å². The van der Waals surface area contributed by atoms with Crippen molar-refractivity contribution >= 4 is 17.1 Å². The van der Waals surface area contributed by atoms with Gasteiger partial charge in [-0.05, 0) is 23.8 Å². The quantitative estimate of drug-likeness (QED) is 0.781. The summed E-state index contributed by atoms with van der Waals surface area (Å²) in [4.78, 5) is 17.9. The number of nitrogens with zero attached hydrogens (tertiary/aromatic N) is 4. The largest absolute Gasteiger partial charge is 0.573 e. The van der Waals surface area contributed by atoms with E-state index in [0.29, 0.717) is 22.3 Å². The lowest BCUT2D eigenvalue weighted by atomic mass is 10.1. The van der Waals surface area contributed by atoms with Crippen molar-refractivity contribution in [1.82, 2.24) is 25.3 Å². The number of carbonyl (C=O) groups is 1. The van der Waals surface area contributed by atoms with E-state index in [-0.39, 0.29) is 18.2 Å². The molecule has 1 aromatic carbocycles. The third kappa shape index (κ3) is 3.84. The smallest absolute Gasteiger partial charge is 0.406 e. The number of H-pyrrole nitrogens is 1. The first kappa shape index (κ1) is 16.7. The van der Waals surface area contributed by atoms with Crippen LogP contribution < -0.4 is 4.74 Å². The maximum absolute atomic E-state index is 12.6. The van der Waals surface area contributed by atoms with Crippen LogP contribution in [-0.4, -0.2) is 44.6 Å². The Morgan fingerprint density at radius 1 is 1.28 bits per heavy atom. The molecule has 3 rings (SSSR count). The predicted molar refractivity (Wildman–Crippen MR) is 80.6 cm³/mol. The van der Waals surface area contributed by atoms with Crippen LogP contribution in [0.4, 0.5) is 13.2 Å². The number of benzene rings is 1. The highest BCUT2D eigenvalue weighted by Crippen LogP contribution is 2.24. The van der Waals surface area contributed by atoms with E-state index in [0.717, 1.165) is 0 Å². The molecule has 0 radical (unpaired) electrons. The van der Waals surface area contributed by atoms with Gasteiger partial charge in [-0.25, -0.2) is 4.98 Å². The Bertz CT molecular complexity index is 909. The van der Waals surface area contributed by atoms with Gasteiger partial charge in [-0.15, -0.1) is 18.3 Å². The number of ether oxygens (including phenoxy) is 1. The fraction of sp³-hybridized carbons (Fsp3) is 0.200. The topological polar surface area (TPSA) is 84.0 Å². The van der Waals surface area contributed by atoms with Gasteiger partial charge in [0.25, 0.3) is 5.91 Å². The molecule has 2 aromatic heterocycles. The molecule has 2 heterocycles. The van der Waals surface area contributed by atoms with Crippen molar-refractivity contribution in [1.29, 1.82) is 0 Å². The minimum Gasteiger partial charge on any atom is -0.406 e. The number of amides is 1. The minimum absolute atomic E-state index is 0.0928. The second-order valence-electron chi connectivity index (χ2n) is 5.21. The number of hydrogen-bond acceptors (Lipinski definition) is 5. The molecule has 0 saturated carbocycles. The third-order valence-corrected chi connectivity index (χ3v) is 3.35. The number of rotatable bonds is 4. The number of hydrogen-bond donors (Lipinski definition) is 1. The van der Waals surface area contributed by atoms with Crippen LogP contribution in [0.1, 0.15) is 15.9 Å². The van der Waals surface area contributed by atoms with Crippen LogP contribution in [0.15, 0.2) is 36.5 Å². The normalized spacial score (nSPS) is 11.5. The highest BCUT2D eigenvalue weighted by atomic mass is 19.4. The zero-order valence-electron chi connectivity index (χ0n) is 12.9. The van der Waals surface area contributed by atoms with Gasteiger partial charge in [-0.2, -0.15) is 10.3 Å². The Balaban J connectivity index is 1.78. The molecular formula is C15H12F3N5O2. The molecule has 0 unspecified atom stereocenters. The lowest BCUT2D eigenvalue weighted by molar-refractivity contribution is -0.274. The third-order valence-electron chi connectivity index (χ3n) is 3.35. The summed E-state index contributed by atoms with van der Waals surface area (Å²) in [6.07, 6.45) is -3.33. The molecule has 0 aliphatic rings. The van der Waals surface area contributed by atoms with E-state index in [1.165, 1.54) is 42.4 Å². The van der Waals surface area contributed by atoms with Crippen LogP contribution in [-0.2, 0) is 6.54 Å². The Morgan fingerprint density at radius 3 is 2.84 bits per heavy atom. The Hall–Kier alpha value is -3.17. The zero-order chi connectivity index (χ0) is 18.0. The average Bonchev–Trinajstić information content (AvgIpc) is 3.01. The van der Waals surface area contributed by atoms with Gasteiger partial charge >= 0.3 is 6.36 Å². The SMILES string of the molecule is CN(Cc1cccc(OC(F)(F)F)c1)C(=O)c1ccnc2n[nH]nc12. The molecule has 1 N–H and O–H groups in total. The summed E-state index contributed by atoms with van der Waals surface area (Å²) in [5, 5.41) is 10.1. The number of halogens is 3. The number of nitrogens with one attached hydrogen (secondary N) is 1. The lowest BCUT2D eigenvalue weighted by Gasteiger charge is -2.18. The molecule has 3 aromatic rings. The molecule has 0 aliphatic heterocycles. The first-order chi connectivity index (χ1) is 11.8. The van der Waals surface area contributed by atoms with Gasteiger partial charge in [0.15, 0.2) is 0 Å². The van der Waals surface area contributed by atoms with Crippen molar-refractivity contribution in [2.24, 2.45) is 0 Å². The van der Waals surface area contributed by atoms with Crippen molar-refractivity contribution < 1.29 is 22.7 Å². The van der Waals surface area contributed by atoms with Gasteiger partial charge in [0.1, 0.15) is 11.3 Å². The van der Waals surface area contributed by atoms with E-state index in [1.807, 2.05) is 0 Å². The van der Waals surface area contributed by atoms with Gasteiger partial charge < -0.3 is 9.64 Å². The fourth-order valence-corrected chi connectivity index (χ4v) is 2.32. The number of aromatic nitrogens is 4. The second kappa shape index (κ2) is 6.38. The van der Waals surface area contributed by atoms with Gasteiger partial charge in [-0.1, -0.05) is 12.1 Å². The molecule has 0 atom stereocenters. The minimum atomic E-state index is -4.77. The van der Waals surface area contributed by atoms with Crippen LogP contribution >= 0.6 is 0 Å². The lowest BCUT2D eigenvalue weighted by Crippen LogP contribution is -2.26. The van der Waals surface area contributed by atoms with E-state index in [9.17, 15) is 18.0 Å². The van der Waals surface area contributed by atoms with Crippen LogP contribution in [0, 0.1) is 0 Å². The van der Waals surface area contributed by atoms with Gasteiger partial charge in [0.2, 0.25) is 5.65 Å². The van der Waals surface area contributed by atoms with E-state index in [4.69, 9.17) is 0 Å². The highest BCUT2D eigenvalue weighted by molar-refractivity contribution is 6.03. The summed E-state index contributed by atoms with van der Waals surface area (Å²) in [6.45, 7) is 0.0928. The number of fused-ring (bicyclic) bond motifs is 1. The summed E-state index contributed by atoms with van der Waals surface area (Å²) in [5.74, 6) is -0.697. The van der Waals surface area contributed by atoms with E-state index in [1.54, 1.807) is 6.07 Å². The predicted octanol–water partition coefficient (Wildman–Crippen LogP) is 2.52. The fourth-order valence-electron chi connectivity index (χ4n) is 2.32. The first-order valence-electron chi connectivity index (χ1n) is 7.09. The van der Waals surface area contributed by atoms with Gasteiger partial charge in [0, 0.05) is 19.8 Å². The van der Waals surface area contributed by atoms with Crippen molar-refractivity contribution in [3.63, 3.8) is 0 Å². The van der Waals surface area contributed by atoms with Crippen molar-refractivity contribution in [2.45, 2.75) is 12.9 Å². The van der Waals surface area contributed by atoms with Crippen LogP contribution in [0.5, 0.6) is 5.75 Å². The van der Waals surface area contributed by atoms with Crippen LogP contribution in [0.25, 0.3) is 11.2 Å². The van der Waals surface area contributed by atoms with E-state index in [2.05, 4.69) is 25.1 Å². The molecule has 0 fully saturated rings. The zero-order valence-corrected chi connectivity index (χ0v) is 12.9. The molecule has 0 saturated heterocycles. The molecule has 7 nitrogen and oxygen atoms in total. The van der Waals surface area contributed by atoms with E-state index >= 15 is 0 Å². The van der Waals surface area contributed by atoms with Crippen LogP contribution in [0.3, 0.4) is 0 Å². The molecule has 130 valence electrons. The molecular weight excluding hydrogens is 339 g/mol. The summed E-state index contributed by atoms with van der Waals surface area (Å²) in [7, 11) is 1.53. The van der Waals surface area contributed by atoms with Gasteiger partial charge in [-0.3, -0.25) is 4.79 Å². The highest BCUT2D eigenvalue weighted by Gasteiger charge is 2.31. The Morgan fingerprint density at radius 2 is 2.08 bits per heavy atom. The summed E-state index contributed by atoms with van der Waals surface area (Å²) in [5.41, 5.74) is 1.42. The number of aromatic amines is 1. The summed E-state index contributed by atoms with van der Waals surface area (Å²) < 4.78 is 40.8. The second-order valence-corrected chi connectivity index (χ2v) is 5.21. The molecule has 0 spiro atoms. The maximum Gasteiger partial charge on any atom is 0.573 e. The Labute approximate surface area is 139 Å². The first-order valence-corrected chi connectivity index (χ1v) is 7.09. The van der Waals surface area contributed by atoms with Crippen molar-refractivity contribution in [2.75, 3.05) is 7.05 Å². The summed E-state index contributed by atoms with van der Waals surface area (Å²) >= 11 is 0. The molecule has 0 aliphatic carbocycles. The Kier molecular flexibility index (Phi) is 4.26. The molecule has 10 heteroatoms. The standard InChI is InChI=1S/C15H12F3N5O2/c1-23(8-9-3-2-4-10(7-9)25-15(16,17)18)14(24)11-5-6-19-13-12(11)20-22-21-13/h2-7H,8H2,1H3,(H,19,20,21,22). The molecule has 0 bridgehead atoms. The monoisotopic (exact) mass is 351 g/mol. The molecule has 1 amide bonds. The number of carbonyl (C=O) groups excluding carboxylic acids is 1. The van der Waals surface area contributed by atoms with Crippen LogP contribution in [0.2, 0.25) is 0 Å².